The molecule has 0 aliphatic heterocycles. The maximum atomic E-state index is 4.69. The van der Waals surface area contributed by atoms with Crippen molar-refractivity contribution in [1.82, 2.24) is 4.98 Å². The molecule has 0 radical (unpaired) electrons. The van der Waals surface area contributed by atoms with Crippen LogP contribution >= 0.6 is 0 Å². The Morgan fingerprint density at radius 2 is 1.60 bits per heavy atom. The van der Waals surface area contributed by atoms with Gasteiger partial charge in [-0.05, 0) is 54.2 Å². The van der Waals surface area contributed by atoms with E-state index >= 15 is 0 Å². The van der Waals surface area contributed by atoms with E-state index in [0.717, 1.165) is 23.4 Å². The highest BCUT2D eigenvalue weighted by atomic mass is 14.7. The molecule has 2 saturated carbocycles. The van der Waals surface area contributed by atoms with Crippen LogP contribution in [0.15, 0.2) is 72.9 Å². The van der Waals surface area contributed by atoms with Crippen molar-refractivity contribution in [2.24, 2.45) is 11.8 Å². The minimum atomic E-state index is 0.787. The van der Waals surface area contributed by atoms with E-state index in [2.05, 4.69) is 60.7 Å². The summed E-state index contributed by atoms with van der Waals surface area (Å²) in [6.07, 6.45) is 7.78. The summed E-state index contributed by atoms with van der Waals surface area (Å²) in [6.45, 7) is 0. The van der Waals surface area contributed by atoms with Crippen molar-refractivity contribution in [2.75, 3.05) is 0 Å². The van der Waals surface area contributed by atoms with E-state index < -0.39 is 0 Å². The lowest BCUT2D eigenvalue weighted by atomic mass is 9.83. The molecule has 1 heteroatoms. The highest BCUT2D eigenvalue weighted by Crippen LogP contribution is 2.53. The number of nitrogens with zero attached hydrogens (tertiary/aromatic N) is 1. The van der Waals surface area contributed by atoms with Crippen LogP contribution in [0.2, 0.25) is 0 Å². The predicted octanol–water partition coefficient (Wildman–Crippen LogP) is 6.32. The fraction of sp³-hybridized carbons (Fsp3) is 0.292. The smallest absolute Gasteiger partial charge is 0.0702 e. The Morgan fingerprint density at radius 1 is 0.720 bits per heavy atom. The first-order valence-corrected chi connectivity index (χ1v) is 9.48. The minimum absolute atomic E-state index is 0.787. The van der Waals surface area contributed by atoms with E-state index in [1.165, 1.54) is 47.9 Å². The van der Waals surface area contributed by atoms with Gasteiger partial charge in [-0.25, -0.2) is 0 Å². The Balaban J connectivity index is 1.43. The van der Waals surface area contributed by atoms with Gasteiger partial charge in [-0.1, -0.05) is 67.1 Å². The van der Waals surface area contributed by atoms with Crippen LogP contribution in [0.3, 0.4) is 0 Å². The van der Waals surface area contributed by atoms with E-state index in [4.69, 9.17) is 4.98 Å². The fourth-order valence-electron chi connectivity index (χ4n) is 4.95. The second-order valence-corrected chi connectivity index (χ2v) is 7.70. The fourth-order valence-corrected chi connectivity index (χ4v) is 4.95. The molecule has 0 N–H and O–H groups in total. The monoisotopic (exact) mass is 325 g/mol. The number of hydrogen-bond acceptors (Lipinski definition) is 1. The molecule has 2 fully saturated rings. The van der Waals surface area contributed by atoms with Crippen LogP contribution < -0.4 is 0 Å². The van der Waals surface area contributed by atoms with E-state index in [0.29, 0.717) is 0 Å². The zero-order valence-electron chi connectivity index (χ0n) is 14.4. The van der Waals surface area contributed by atoms with Gasteiger partial charge < -0.3 is 0 Å². The highest BCUT2D eigenvalue weighted by molar-refractivity contribution is 5.67. The van der Waals surface area contributed by atoms with Gasteiger partial charge in [-0.15, -0.1) is 0 Å². The first-order valence-electron chi connectivity index (χ1n) is 9.48. The summed E-state index contributed by atoms with van der Waals surface area (Å²) in [4.78, 5) is 4.69. The van der Waals surface area contributed by atoms with Crippen LogP contribution in [-0.2, 0) is 0 Å². The van der Waals surface area contributed by atoms with Crippen molar-refractivity contribution in [3.8, 4) is 22.4 Å². The number of rotatable bonds is 3. The molecule has 3 aromatic rings. The van der Waals surface area contributed by atoms with E-state index in [9.17, 15) is 0 Å². The summed E-state index contributed by atoms with van der Waals surface area (Å²) in [5.74, 6) is 2.71. The molecule has 3 unspecified atom stereocenters. The maximum Gasteiger partial charge on any atom is 0.0702 e. The van der Waals surface area contributed by atoms with Gasteiger partial charge in [0.25, 0.3) is 0 Å². The Morgan fingerprint density at radius 3 is 2.32 bits per heavy atom. The van der Waals surface area contributed by atoms with Gasteiger partial charge in [0.15, 0.2) is 0 Å². The van der Waals surface area contributed by atoms with Gasteiger partial charge in [0.2, 0.25) is 0 Å². The Hall–Kier alpha value is -2.41. The molecule has 1 heterocycles. The lowest BCUT2D eigenvalue weighted by Crippen LogP contribution is -2.08. The molecular weight excluding hydrogens is 302 g/mol. The SMILES string of the molecule is c1ccc(-c2ccc(-c3cccc(C4CC5CCC4C5)c3)cn2)cc1. The molecule has 1 nitrogen and oxygen atoms in total. The van der Waals surface area contributed by atoms with E-state index in [1.54, 1.807) is 0 Å². The number of benzene rings is 2. The third-order valence-electron chi connectivity index (χ3n) is 6.22. The average molecular weight is 325 g/mol. The highest BCUT2D eigenvalue weighted by Gasteiger charge is 2.40. The van der Waals surface area contributed by atoms with Crippen molar-refractivity contribution in [2.45, 2.75) is 31.6 Å². The second kappa shape index (κ2) is 6.15. The number of aromatic nitrogens is 1. The maximum absolute atomic E-state index is 4.69. The summed E-state index contributed by atoms with van der Waals surface area (Å²) < 4.78 is 0. The lowest BCUT2D eigenvalue weighted by Gasteiger charge is -2.22. The van der Waals surface area contributed by atoms with Gasteiger partial charge in [-0.2, -0.15) is 0 Å². The molecule has 0 saturated heterocycles. The molecule has 3 atom stereocenters. The normalized spacial score (nSPS) is 24.6. The van der Waals surface area contributed by atoms with Gasteiger partial charge in [0.05, 0.1) is 5.69 Å². The standard InChI is InChI=1S/C24H23N/c1-2-5-18(6-3-1)24-12-11-22(16-25-24)19-7-4-8-20(15-19)23-14-17-9-10-21(23)13-17/h1-8,11-12,15-17,21,23H,9-10,13-14H2. The number of fused-ring (bicyclic) bond motifs is 2. The van der Waals surface area contributed by atoms with E-state index in [1.807, 2.05) is 12.3 Å². The van der Waals surface area contributed by atoms with Crippen LogP contribution in [0.5, 0.6) is 0 Å². The largest absolute Gasteiger partial charge is 0.256 e. The van der Waals surface area contributed by atoms with Crippen LogP contribution in [-0.4, -0.2) is 4.98 Å². The van der Waals surface area contributed by atoms with Crippen molar-refractivity contribution in [1.29, 1.82) is 0 Å². The summed E-state index contributed by atoms with van der Waals surface area (Å²) in [5.41, 5.74) is 6.26. The van der Waals surface area contributed by atoms with Gasteiger partial charge in [0.1, 0.15) is 0 Å². The molecule has 25 heavy (non-hydrogen) atoms. The summed E-state index contributed by atoms with van der Waals surface area (Å²) in [5, 5.41) is 0. The lowest BCUT2D eigenvalue weighted by molar-refractivity contribution is 0.420. The van der Waals surface area contributed by atoms with Gasteiger partial charge >= 0.3 is 0 Å². The van der Waals surface area contributed by atoms with Crippen LogP contribution in [0.4, 0.5) is 0 Å². The van der Waals surface area contributed by atoms with Crippen molar-refractivity contribution < 1.29 is 0 Å². The minimum Gasteiger partial charge on any atom is -0.256 e. The average Bonchev–Trinajstić information content (AvgIpc) is 3.33. The molecule has 2 aliphatic rings. The van der Waals surface area contributed by atoms with Gasteiger partial charge in [0, 0.05) is 17.3 Å². The second-order valence-electron chi connectivity index (χ2n) is 7.70. The van der Waals surface area contributed by atoms with Gasteiger partial charge in [-0.3, -0.25) is 4.98 Å². The molecule has 2 aromatic carbocycles. The molecule has 2 aliphatic carbocycles. The molecule has 5 rings (SSSR count). The quantitative estimate of drug-likeness (QED) is 0.549. The topological polar surface area (TPSA) is 12.9 Å². The zero-order chi connectivity index (χ0) is 16.6. The Kier molecular flexibility index (Phi) is 3.66. The molecule has 1 aromatic heterocycles. The zero-order valence-corrected chi connectivity index (χ0v) is 14.4. The van der Waals surface area contributed by atoms with Crippen molar-refractivity contribution in [3.63, 3.8) is 0 Å². The molecule has 2 bridgehead atoms. The number of hydrogen-bond donors (Lipinski definition) is 0. The summed E-state index contributed by atoms with van der Waals surface area (Å²) in [7, 11) is 0. The molecule has 0 amide bonds. The third-order valence-corrected chi connectivity index (χ3v) is 6.22. The predicted molar refractivity (Wildman–Crippen MR) is 103 cm³/mol. The third kappa shape index (κ3) is 2.78. The Labute approximate surface area is 149 Å². The van der Waals surface area contributed by atoms with Crippen LogP contribution in [0, 0.1) is 11.8 Å². The summed E-state index contributed by atoms with van der Waals surface area (Å²) >= 11 is 0. The van der Waals surface area contributed by atoms with Crippen LogP contribution in [0.25, 0.3) is 22.4 Å². The van der Waals surface area contributed by atoms with E-state index in [-0.39, 0.29) is 0 Å². The Bertz CT molecular complexity index is 866. The number of pyridine rings is 1. The first-order chi connectivity index (χ1) is 12.4. The van der Waals surface area contributed by atoms with Crippen LogP contribution in [0.1, 0.15) is 37.2 Å². The molecular formula is C24H23N. The summed E-state index contributed by atoms with van der Waals surface area (Å²) in [6, 6.07) is 23.9. The molecule has 124 valence electrons. The van der Waals surface area contributed by atoms with Crippen molar-refractivity contribution >= 4 is 0 Å². The first kappa shape index (κ1) is 14.9. The molecule has 0 spiro atoms. The van der Waals surface area contributed by atoms with Crippen molar-refractivity contribution in [3.05, 3.63) is 78.5 Å².